The first-order chi connectivity index (χ1) is 8.47. The summed E-state index contributed by atoms with van der Waals surface area (Å²) in [6, 6.07) is 5.10. The number of sulfonamides is 1. The van der Waals surface area contributed by atoms with Gasteiger partial charge in [0.2, 0.25) is 10.0 Å². The van der Waals surface area contributed by atoms with Gasteiger partial charge in [-0.25, -0.2) is 13.6 Å². The van der Waals surface area contributed by atoms with Gasteiger partial charge in [-0.05, 0) is 24.6 Å². The molecule has 0 bridgehead atoms. The topological polar surface area (TPSA) is 85.1 Å². The van der Waals surface area contributed by atoms with Crippen LogP contribution in [0.2, 0.25) is 0 Å². The van der Waals surface area contributed by atoms with Gasteiger partial charge in [0.05, 0.1) is 17.0 Å². The van der Waals surface area contributed by atoms with E-state index in [0.717, 1.165) is 10.6 Å². The maximum Gasteiger partial charge on any atom is 0.238 e. The fourth-order valence-electron chi connectivity index (χ4n) is 1.54. The number of hydrogen-bond donors (Lipinski definition) is 2. The summed E-state index contributed by atoms with van der Waals surface area (Å²) in [4.78, 5) is 5.19. The Balaban J connectivity index is 2.20. The summed E-state index contributed by atoms with van der Waals surface area (Å²) in [6.45, 7) is 2.32. The highest BCUT2D eigenvalue weighted by Gasteiger charge is 2.11. The molecule has 0 radical (unpaired) electrons. The fraction of sp³-hybridized carbons (Fsp3) is 0.182. The second-order valence-electron chi connectivity index (χ2n) is 3.85. The van der Waals surface area contributed by atoms with Gasteiger partial charge in [0.15, 0.2) is 0 Å². The molecule has 1 aromatic carbocycles. The van der Waals surface area contributed by atoms with Crippen molar-refractivity contribution in [1.82, 2.24) is 4.98 Å². The number of anilines is 1. The third-order valence-corrected chi connectivity index (χ3v) is 4.28. The van der Waals surface area contributed by atoms with Gasteiger partial charge in [-0.15, -0.1) is 11.3 Å². The molecule has 18 heavy (non-hydrogen) atoms. The lowest BCUT2D eigenvalue weighted by Crippen LogP contribution is -2.14. The molecular weight excluding hydrogens is 270 g/mol. The van der Waals surface area contributed by atoms with Gasteiger partial charge in [-0.2, -0.15) is 0 Å². The molecule has 0 aliphatic rings. The molecule has 2 rings (SSSR count). The molecule has 7 heteroatoms. The monoisotopic (exact) mass is 283 g/mol. The van der Waals surface area contributed by atoms with E-state index in [1.807, 2.05) is 6.07 Å². The molecule has 0 aliphatic carbocycles. The third-order valence-electron chi connectivity index (χ3n) is 2.44. The molecule has 5 nitrogen and oxygen atoms in total. The van der Waals surface area contributed by atoms with Crippen LogP contribution < -0.4 is 10.5 Å². The summed E-state index contributed by atoms with van der Waals surface area (Å²) in [5.74, 6) is 0. The number of aromatic nitrogens is 1. The van der Waals surface area contributed by atoms with E-state index < -0.39 is 10.0 Å². The first-order valence-electron chi connectivity index (χ1n) is 5.21. The van der Waals surface area contributed by atoms with Crippen LogP contribution in [-0.2, 0) is 16.6 Å². The summed E-state index contributed by atoms with van der Waals surface area (Å²) >= 11 is 1.54. The van der Waals surface area contributed by atoms with Crippen LogP contribution in [0.3, 0.4) is 0 Å². The molecule has 1 aromatic heterocycles. The van der Waals surface area contributed by atoms with Crippen molar-refractivity contribution in [2.24, 2.45) is 5.14 Å². The molecule has 0 aliphatic heterocycles. The first kappa shape index (κ1) is 13.0. The highest BCUT2D eigenvalue weighted by atomic mass is 32.2. The fourth-order valence-corrected chi connectivity index (χ4v) is 2.88. The van der Waals surface area contributed by atoms with Crippen LogP contribution in [0.15, 0.2) is 34.8 Å². The van der Waals surface area contributed by atoms with Crippen molar-refractivity contribution in [3.63, 3.8) is 0 Å². The van der Waals surface area contributed by atoms with Gasteiger partial charge in [0.1, 0.15) is 0 Å². The Labute approximate surface area is 110 Å². The van der Waals surface area contributed by atoms with Crippen molar-refractivity contribution in [3.8, 4) is 0 Å². The van der Waals surface area contributed by atoms with E-state index in [0.29, 0.717) is 12.1 Å². The van der Waals surface area contributed by atoms with Crippen LogP contribution in [-0.4, -0.2) is 13.4 Å². The highest BCUT2D eigenvalue weighted by molar-refractivity contribution is 7.89. The number of nitrogens with two attached hydrogens (primary N) is 1. The molecule has 0 unspecified atom stereocenters. The number of nitrogens with one attached hydrogen (secondary N) is 1. The minimum atomic E-state index is -3.68. The number of rotatable bonds is 4. The third kappa shape index (κ3) is 3.06. The van der Waals surface area contributed by atoms with Crippen LogP contribution in [0.1, 0.15) is 10.4 Å². The highest BCUT2D eigenvalue weighted by Crippen LogP contribution is 2.19. The number of hydrogen-bond acceptors (Lipinski definition) is 5. The standard InChI is InChI=1S/C11H13N3O2S2/c1-8-2-3-9(4-11(8)18(12,15)16)14-6-10-5-13-7-17-10/h2-5,7,14H,6H2,1H3,(H2,12,15,16). The molecule has 0 amide bonds. The Bertz CT molecular complexity index is 636. The van der Waals surface area contributed by atoms with Crippen LogP contribution in [0.4, 0.5) is 5.69 Å². The summed E-state index contributed by atoms with van der Waals surface area (Å²) in [6.07, 6.45) is 1.77. The van der Waals surface area contributed by atoms with E-state index in [-0.39, 0.29) is 4.90 Å². The molecular formula is C11H13N3O2S2. The minimum Gasteiger partial charge on any atom is -0.380 e. The summed E-state index contributed by atoms with van der Waals surface area (Å²) in [7, 11) is -3.68. The minimum absolute atomic E-state index is 0.150. The van der Waals surface area contributed by atoms with Crippen molar-refractivity contribution >= 4 is 27.0 Å². The largest absolute Gasteiger partial charge is 0.380 e. The van der Waals surface area contributed by atoms with Crippen LogP contribution in [0, 0.1) is 6.92 Å². The molecule has 0 saturated heterocycles. The SMILES string of the molecule is Cc1ccc(NCc2cncs2)cc1S(N)(=O)=O. The molecule has 0 atom stereocenters. The summed E-state index contributed by atoms with van der Waals surface area (Å²) in [5, 5.41) is 8.29. The maximum atomic E-state index is 11.4. The Morgan fingerprint density at radius 3 is 2.83 bits per heavy atom. The van der Waals surface area contributed by atoms with Crippen molar-refractivity contribution in [2.45, 2.75) is 18.4 Å². The van der Waals surface area contributed by atoms with E-state index in [1.54, 1.807) is 30.8 Å². The van der Waals surface area contributed by atoms with Crippen molar-refractivity contribution in [2.75, 3.05) is 5.32 Å². The Hall–Kier alpha value is -1.44. The summed E-state index contributed by atoms with van der Waals surface area (Å²) in [5.41, 5.74) is 3.11. The van der Waals surface area contributed by atoms with Gasteiger partial charge in [0, 0.05) is 16.8 Å². The predicted octanol–water partition coefficient (Wildman–Crippen LogP) is 1.71. The smallest absolute Gasteiger partial charge is 0.238 e. The van der Waals surface area contributed by atoms with Crippen LogP contribution >= 0.6 is 11.3 Å². The molecule has 96 valence electrons. The van der Waals surface area contributed by atoms with Gasteiger partial charge in [-0.1, -0.05) is 6.07 Å². The van der Waals surface area contributed by atoms with Crippen LogP contribution in [0.5, 0.6) is 0 Å². The Kier molecular flexibility index (Phi) is 3.65. The lowest BCUT2D eigenvalue weighted by molar-refractivity contribution is 0.597. The normalized spacial score (nSPS) is 11.4. The average molecular weight is 283 g/mol. The Morgan fingerprint density at radius 1 is 1.44 bits per heavy atom. The van der Waals surface area contributed by atoms with Gasteiger partial charge < -0.3 is 5.32 Å². The lowest BCUT2D eigenvalue weighted by atomic mass is 10.2. The van der Waals surface area contributed by atoms with Crippen molar-refractivity contribution in [1.29, 1.82) is 0 Å². The zero-order chi connectivity index (χ0) is 13.2. The zero-order valence-electron chi connectivity index (χ0n) is 9.75. The maximum absolute atomic E-state index is 11.4. The molecule has 0 fully saturated rings. The van der Waals surface area contributed by atoms with Gasteiger partial charge in [0.25, 0.3) is 0 Å². The quantitative estimate of drug-likeness (QED) is 0.894. The van der Waals surface area contributed by atoms with E-state index >= 15 is 0 Å². The van der Waals surface area contributed by atoms with Crippen molar-refractivity contribution < 1.29 is 8.42 Å². The predicted molar refractivity (Wildman–Crippen MR) is 72.0 cm³/mol. The number of nitrogens with zero attached hydrogens (tertiary/aromatic N) is 1. The molecule has 3 N–H and O–H groups in total. The Morgan fingerprint density at radius 2 is 2.22 bits per heavy atom. The van der Waals surface area contributed by atoms with E-state index in [2.05, 4.69) is 10.3 Å². The van der Waals surface area contributed by atoms with E-state index in [9.17, 15) is 8.42 Å². The second-order valence-corrected chi connectivity index (χ2v) is 6.35. The molecule has 0 spiro atoms. The van der Waals surface area contributed by atoms with Crippen molar-refractivity contribution in [3.05, 3.63) is 40.3 Å². The zero-order valence-corrected chi connectivity index (χ0v) is 11.4. The van der Waals surface area contributed by atoms with E-state index in [1.165, 1.54) is 11.3 Å². The first-order valence-corrected chi connectivity index (χ1v) is 7.64. The number of benzene rings is 1. The average Bonchev–Trinajstić information content (AvgIpc) is 2.79. The van der Waals surface area contributed by atoms with Crippen LogP contribution in [0.25, 0.3) is 0 Å². The number of aryl methyl sites for hydroxylation is 1. The number of thiazole rings is 1. The summed E-state index contributed by atoms with van der Waals surface area (Å²) < 4.78 is 22.8. The second kappa shape index (κ2) is 5.05. The number of primary sulfonamides is 1. The molecule has 1 heterocycles. The van der Waals surface area contributed by atoms with Gasteiger partial charge in [-0.3, -0.25) is 4.98 Å². The van der Waals surface area contributed by atoms with Gasteiger partial charge >= 0.3 is 0 Å². The molecule has 0 saturated carbocycles. The molecule has 2 aromatic rings. The van der Waals surface area contributed by atoms with E-state index in [4.69, 9.17) is 5.14 Å². The lowest BCUT2D eigenvalue weighted by Gasteiger charge is -2.08.